The van der Waals surface area contributed by atoms with Crippen LogP contribution in [0.4, 0.5) is 0 Å². The van der Waals surface area contributed by atoms with Crippen LogP contribution < -0.4 is 0 Å². The van der Waals surface area contributed by atoms with Crippen molar-refractivity contribution in [3.8, 4) is 0 Å². The molecule has 0 saturated heterocycles. The Kier molecular flexibility index (Phi) is 4.26. The molecule has 1 aromatic rings. The second-order valence-corrected chi connectivity index (χ2v) is 3.76. The Balaban J connectivity index is 2.58. The van der Waals surface area contributed by atoms with Gasteiger partial charge in [-0.15, -0.1) is 0 Å². The van der Waals surface area contributed by atoms with Crippen molar-refractivity contribution in [2.24, 2.45) is 0 Å². The molecule has 0 aromatic heterocycles. The van der Waals surface area contributed by atoms with E-state index in [1.54, 1.807) is 0 Å². The van der Waals surface area contributed by atoms with E-state index >= 15 is 0 Å². The van der Waals surface area contributed by atoms with Crippen molar-refractivity contribution in [1.29, 1.82) is 0 Å². The Bertz CT molecular complexity index is 251. The zero-order valence-electron chi connectivity index (χ0n) is 6.96. The molecule has 1 aromatic carbocycles. The lowest BCUT2D eigenvalue weighted by Crippen LogP contribution is -1.71. The van der Waals surface area contributed by atoms with Gasteiger partial charge in [-0.2, -0.15) is 11.8 Å². The van der Waals surface area contributed by atoms with Crippen molar-refractivity contribution < 1.29 is 0 Å². The maximum Gasteiger partial charge on any atom is 0.0406 e. The van der Waals surface area contributed by atoms with Crippen LogP contribution in [0.1, 0.15) is 5.56 Å². The first-order chi connectivity index (χ1) is 5.83. The summed E-state index contributed by atoms with van der Waals surface area (Å²) in [6, 6.07) is 7.83. The van der Waals surface area contributed by atoms with Gasteiger partial charge in [0.15, 0.2) is 0 Å². The standard InChI is InChI=1S/C10H11ClS/c1-12-8-2-3-9-4-6-10(11)7-5-9/h2-7H,8H2,1H3/b3-2+. The fourth-order valence-corrected chi connectivity index (χ4v) is 1.27. The van der Waals surface area contributed by atoms with Gasteiger partial charge < -0.3 is 0 Å². The second kappa shape index (κ2) is 5.28. The van der Waals surface area contributed by atoms with Gasteiger partial charge in [0.2, 0.25) is 0 Å². The van der Waals surface area contributed by atoms with Gasteiger partial charge in [0.1, 0.15) is 0 Å². The second-order valence-electron chi connectivity index (χ2n) is 2.41. The third-order valence-electron chi connectivity index (χ3n) is 1.44. The highest BCUT2D eigenvalue weighted by Gasteiger charge is 1.86. The normalized spacial score (nSPS) is 10.8. The summed E-state index contributed by atoms with van der Waals surface area (Å²) in [7, 11) is 0. The third kappa shape index (κ3) is 3.33. The molecule has 0 spiro atoms. The number of hydrogen-bond acceptors (Lipinski definition) is 1. The minimum atomic E-state index is 0.789. The lowest BCUT2D eigenvalue weighted by molar-refractivity contribution is 1.65. The van der Waals surface area contributed by atoms with Gasteiger partial charge in [-0.25, -0.2) is 0 Å². The van der Waals surface area contributed by atoms with Crippen LogP contribution in [0.2, 0.25) is 5.02 Å². The molecule has 0 radical (unpaired) electrons. The summed E-state index contributed by atoms with van der Waals surface area (Å²) in [5.41, 5.74) is 1.20. The van der Waals surface area contributed by atoms with Gasteiger partial charge in [-0.05, 0) is 24.0 Å². The molecule has 0 aliphatic carbocycles. The Morgan fingerprint density at radius 1 is 1.33 bits per heavy atom. The Morgan fingerprint density at radius 3 is 2.58 bits per heavy atom. The van der Waals surface area contributed by atoms with Crippen molar-refractivity contribution in [2.75, 3.05) is 12.0 Å². The summed E-state index contributed by atoms with van der Waals surface area (Å²) >= 11 is 7.56. The summed E-state index contributed by atoms with van der Waals surface area (Å²) in [4.78, 5) is 0. The third-order valence-corrected chi connectivity index (χ3v) is 2.22. The van der Waals surface area contributed by atoms with Crippen LogP contribution in [0.15, 0.2) is 30.3 Å². The maximum absolute atomic E-state index is 5.74. The molecular formula is C10H11ClS. The van der Waals surface area contributed by atoms with Gasteiger partial charge in [-0.3, -0.25) is 0 Å². The number of rotatable bonds is 3. The number of halogens is 1. The highest BCUT2D eigenvalue weighted by Crippen LogP contribution is 2.10. The van der Waals surface area contributed by atoms with Gasteiger partial charge in [-0.1, -0.05) is 35.9 Å². The van der Waals surface area contributed by atoms with Crippen molar-refractivity contribution in [2.45, 2.75) is 0 Å². The SMILES string of the molecule is CSC/C=C/c1ccc(Cl)cc1. The fraction of sp³-hybridized carbons (Fsp3) is 0.200. The maximum atomic E-state index is 5.74. The topological polar surface area (TPSA) is 0 Å². The van der Waals surface area contributed by atoms with E-state index in [1.165, 1.54) is 5.56 Å². The van der Waals surface area contributed by atoms with E-state index in [0.717, 1.165) is 10.8 Å². The van der Waals surface area contributed by atoms with Crippen LogP contribution in [-0.2, 0) is 0 Å². The minimum Gasteiger partial charge on any atom is -0.161 e. The molecule has 0 bridgehead atoms. The van der Waals surface area contributed by atoms with E-state index in [2.05, 4.69) is 18.4 Å². The molecule has 1 rings (SSSR count). The zero-order chi connectivity index (χ0) is 8.81. The van der Waals surface area contributed by atoms with E-state index in [-0.39, 0.29) is 0 Å². The molecule has 0 atom stereocenters. The first kappa shape index (κ1) is 9.69. The Labute approximate surface area is 82.6 Å². The molecule has 0 unspecified atom stereocenters. The van der Waals surface area contributed by atoms with E-state index in [1.807, 2.05) is 36.0 Å². The van der Waals surface area contributed by atoms with Crippen LogP contribution in [-0.4, -0.2) is 12.0 Å². The molecule has 64 valence electrons. The lowest BCUT2D eigenvalue weighted by atomic mass is 10.2. The molecule has 0 heterocycles. The molecular weight excluding hydrogens is 188 g/mol. The molecule has 0 N–H and O–H groups in total. The first-order valence-electron chi connectivity index (χ1n) is 3.74. The van der Waals surface area contributed by atoms with E-state index in [9.17, 15) is 0 Å². The average Bonchev–Trinajstić information content (AvgIpc) is 2.09. The smallest absolute Gasteiger partial charge is 0.0406 e. The van der Waals surface area contributed by atoms with E-state index < -0.39 is 0 Å². The monoisotopic (exact) mass is 198 g/mol. The van der Waals surface area contributed by atoms with Crippen molar-refractivity contribution in [3.05, 3.63) is 40.9 Å². The summed E-state index contributed by atoms with van der Waals surface area (Å²) in [5, 5.41) is 0.789. The van der Waals surface area contributed by atoms with Gasteiger partial charge >= 0.3 is 0 Å². The molecule has 0 fully saturated rings. The predicted molar refractivity (Wildman–Crippen MR) is 58.9 cm³/mol. The highest BCUT2D eigenvalue weighted by atomic mass is 35.5. The van der Waals surface area contributed by atoms with Gasteiger partial charge in [0, 0.05) is 10.8 Å². The highest BCUT2D eigenvalue weighted by molar-refractivity contribution is 7.98. The summed E-state index contributed by atoms with van der Waals surface area (Å²) in [6.07, 6.45) is 6.34. The van der Waals surface area contributed by atoms with Crippen LogP contribution in [0.5, 0.6) is 0 Å². The molecule has 0 aliphatic heterocycles. The van der Waals surface area contributed by atoms with Crippen molar-refractivity contribution in [3.63, 3.8) is 0 Å². The number of hydrogen-bond donors (Lipinski definition) is 0. The van der Waals surface area contributed by atoms with E-state index in [0.29, 0.717) is 0 Å². The quantitative estimate of drug-likeness (QED) is 0.714. The van der Waals surface area contributed by atoms with Gasteiger partial charge in [0.05, 0.1) is 0 Å². The Hall–Kier alpha value is -0.400. The molecule has 2 heteroatoms. The predicted octanol–water partition coefficient (Wildman–Crippen LogP) is 3.72. The van der Waals surface area contributed by atoms with Crippen LogP contribution in [0.25, 0.3) is 6.08 Å². The lowest BCUT2D eigenvalue weighted by Gasteiger charge is -1.92. The first-order valence-corrected chi connectivity index (χ1v) is 5.51. The number of thioether (sulfide) groups is 1. The molecule has 0 amide bonds. The van der Waals surface area contributed by atoms with Crippen LogP contribution in [0, 0.1) is 0 Å². The van der Waals surface area contributed by atoms with Gasteiger partial charge in [0.25, 0.3) is 0 Å². The largest absolute Gasteiger partial charge is 0.161 e. The van der Waals surface area contributed by atoms with Crippen molar-refractivity contribution in [1.82, 2.24) is 0 Å². The zero-order valence-corrected chi connectivity index (χ0v) is 8.53. The average molecular weight is 199 g/mol. The Morgan fingerprint density at radius 2 is 2.00 bits per heavy atom. The summed E-state index contributed by atoms with van der Waals surface area (Å²) in [5.74, 6) is 1.06. The molecule has 0 aliphatic rings. The molecule has 12 heavy (non-hydrogen) atoms. The molecule has 0 saturated carbocycles. The van der Waals surface area contributed by atoms with E-state index in [4.69, 9.17) is 11.6 Å². The fourth-order valence-electron chi connectivity index (χ4n) is 0.854. The molecule has 0 nitrogen and oxygen atoms in total. The summed E-state index contributed by atoms with van der Waals surface area (Å²) < 4.78 is 0. The van der Waals surface area contributed by atoms with Crippen LogP contribution in [0.3, 0.4) is 0 Å². The summed E-state index contributed by atoms with van der Waals surface area (Å²) in [6.45, 7) is 0. The van der Waals surface area contributed by atoms with Crippen molar-refractivity contribution >= 4 is 29.4 Å². The van der Waals surface area contributed by atoms with Crippen LogP contribution >= 0.6 is 23.4 Å². The minimum absolute atomic E-state index is 0.789. The number of benzene rings is 1.